The molecule has 0 radical (unpaired) electrons. The van der Waals surface area contributed by atoms with Gasteiger partial charge in [0.05, 0.1) is 16.9 Å². The van der Waals surface area contributed by atoms with E-state index in [9.17, 15) is 17.6 Å². The largest absolute Gasteiger partial charge is 0.220 e. The Labute approximate surface area is 166 Å². The average Bonchev–Trinajstić information content (AvgIpc) is 2.67. The van der Waals surface area contributed by atoms with E-state index in [-0.39, 0.29) is 12.0 Å². The molecule has 9 heteroatoms. The lowest BCUT2D eigenvalue weighted by Gasteiger charge is -2.10. The lowest BCUT2D eigenvalue weighted by atomic mass is 10.1. The Morgan fingerprint density at radius 3 is 1.63 bits per heavy atom. The van der Waals surface area contributed by atoms with Crippen molar-refractivity contribution in [2.24, 2.45) is 0 Å². The van der Waals surface area contributed by atoms with Gasteiger partial charge in [0.1, 0.15) is 4.90 Å². The predicted molar refractivity (Wildman–Crippen MR) is 99.5 cm³/mol. The molecule has 1 aromatic rings. The van der Waals surface area contributed by atoms with E-state index in [1.165, 1.54) is 38.5 Å². The fourth-order valence-electron chi connectivity index (χ4n) is 2.60. The zero-order valence-corrected chi connectivity index (χ0v) is 17.0. The second kappa shape index (κ2) is 14.5. The van der Waals surface area contributed by atoms with Crippen LogP contribution in [0.25, 0.3) is 0 Å². The van der Waals surface area contributed by atoms with Gasteiger partial charge in [-0.05, 0) is 12.2 Å². The summed E-state index contributed by atoms with van der Waals surface area (Å²) in [7, 11) is 0. The topological polar surface area (TPSA) is 38.7 Å². The van der Waals surface area contributed by atoms with Crippen LogP contribution >= 0.6 is 23.8 Å². The third-order valence-corrected chi connectivity index (χ3v) is 5.87. The van der Waals surface area contributed by atoms with Gasteiger partial charge < -0.3 is 0 Å². The number of benzene rings is 1. The standard InChI is InChI=1S/C18H26F4O3S2/c1-2-3-4-5-6-7-8-9-10-11-12-26-17-13(19)15(21)18(27-25-24-23)16(22)14(17)20/h23H,2-12H2,1H3. The number of hydrogen-bond acceptors (Lipinski definition) is 5. The van der Waals surface area contributed by atoms with E-state index in [1.54, 1.807) is 0 Å². The first-order valence-corrected chi connectivity index (χ1v) is 10.9. The predicted octanol–water partition coefficient (Wildman–Crippen LogP) is 7.68. The molecule has 1 rings (SSSR count). The summed E-state index contributed by atoms with van der Waals surface area (Å²) in [4.78, 5) is -1.74. The van der Waals surface area contributed by atoms with Crippen molar-refractivity contribution in [3.8, 4) is 0 Å². The summed E-state index contributed by atoms with van der Waals surface area (Å²) in [5.74, 6) is -5.75. The lowest BCUT2D eigenvalue weighted by Crippen LogP contribution is -2.02. The van der Waals surface area contributed by atoms with Crippen LogP contribution in [0.15, 0.2) is 9.79 Å². The van der Waals surface area contributed by atoms with E-state index in [0.29, 0.717) is 12.2 Å². The van der Waals surface area contributed by atoms with Crippen molar-refractivity contribution in [3.05, 3.63) is 23.3 Å². The average molecular weight is 431 g/mol. The zero-order chi connectivity index (χ0) is 20.1. The van der Waals surface area contributed by atoms with Crippen molar-refractivity contribution in [2.75, 3.05) is 5.75 Å². The molecule has 0 saturated heterocycles. The second-order valence-electron chi connectivity index (χ2n) is 6.17. The molecule has 0 heterocycles. The van der Waals surface area contributed by atoms with Gasteiger partial charge in [0.2, 0.25) is 0 Å². The van der Waals surface area contributed by atoms with Crippen molar-refractivity contribution in [1.82, 2.24) is 0 Å². The van der Waals surface area contributed by atoms with Crippen LogP contribution in [0.1, 0.15) is 71.1 Å². The van der Waals surface area contributed by atoms with Gasteiger partial charge in [-0.25, -0.2) is 22.8 Å². The molecule has 0 saturated carbocycles. The van der Waals surface area contributed by atoms with Crippen LogP contribution < -0.4 is 0 Å². The molecule has 3 nitrogen and oxygen atoms in total. The molecule has 0 spiro atoms. The van der Waals surface area contributed by atoms with E-state index in [0.717, 1.165) is 31.0 Å². The minimum Gasteiger partial charge on any atom is -0.220 e. The van der Waals surface area contributed by atoms with Crippen LogP contribution in [-0.2, 0) is 9.37 Å². The molecular weight excluding hydrogens is 404 g/mol. The van der Waals surface area contributed by atoms with Crippen molar-refractivity contribution < 1.29 is 32.2 Å². The van der Waals surface area contributed by atoms with Crippen LogP contribution in [0.2, 0.25) is 0 Å². The molecule has 0 aliphatic heterocycles. The quantitative estimate of drug-likeness (QED) is 0.0587. The highest BCUT2D eigenvalue weighted by molar-refractivity contribution is 7.99. The first kappa shape index (κ1) is 24.6. The molecule has 0 aliphatic rings. The first-order chi connectivity index (χ1) is 13.0. The Morgan fingerprint density at radius 1 is 0.704 bits per heavy atom. The maximum absolute atomic E-state index is 14.0. The molecule has 0 amide bonds. The maximum atomic E-state index is 14.0. The Balaban J connectivity index is 2.34. The monoisotopic (exact) mass is 430 g/mol. The molecule has 1 aromatic carbocycles. The highest BCUT2D eigenvalue weighted by Gasteiger charge is 2.26. The fraction of sp³-hybridized carbons (Fsp3) is 0.667. The Kier molecular flexibility index (Phi) is 13.2. The van der Waals surface area contributed by atoms with E-state index < -0.39 is 33.1 Å². The molecular formula is C18H26F4O3S2. The van der Waals surface area contributed by atoms with Crippen LogP contribution in [0.3, 0.4) is 0 Å². The van der Waals surface area contributed by atoms with Crippen molar-refractivity contribution in [2.45, 2.75) is 80.9 Å². The molecule has 0 atom stereocenters. The third-order valence-electron chi connectivity index (χ3n) is 4.07. The zero-order valence-electron chi connectivity index (χ0n) is 15.4. The second-order valence-corrected chi connectivity index (χ2v) is 7.99. The normalized spacial score (nSPS) is 11.3. The maximum Gasteiger partial charge on any atom is 0.179 e. The molecule has 0 fully saturated rings. The van der Waals surface area contributed by atoms with Gasteiger partial charge >= 0.3 is 0 Å². The smallest absolute Gasteiger partial charge is 0.179 e. The summed E-state index contributed by atoms with van der Waals surface area (Å²) in [5, 5.41) is 11.2. The summed E-state index contributed by atoms with van der Waals surface area (Å²) in [5.41, 5.74) is 0. The highest BCUT2D eigenvalue weighted by atomic mass is 32.2. The number of halogens is 4. The lowest BCUT2D eigenvalue weighted by molar-refractivity contribution is -0.432. The summed E-state index contributed by atoms with van der Waals surface area (Å²) in [6.07, 6.45) is 11.3. The van der Waals surface area contributed by atoms with E-state index in [2.05, 4.69) is 16.3 Å². The summed E-state index contributed by atoms with van der Waals surface area (Å²) in [6.45, 7) is 2.19. The van der Waals surface area contributed by atoms with Crippen LogP contribution in [0.5, 0.6) is 0 Å². The Bertz CT molecular complexity index is 533. The molecule has 0 unspecified atom stereocenters. The minimum absolute atomic E-state index is 0.155. The van der Waals surface area contributed by atoms with E-state index in [1.807, 2.05) is 0 Å². The van der Waals surface area contributed by atoms with Crippen molar-refractivity contribution in [1.29, 1.82) is 0 Å². The van der Waals surface area contributed by atoms with Gasteiger partial charge in [-0.3, -0.25) is 0 Å². The van der Waals surface area contributed by atoms with Crippen LogP contribution in [0, 0.1) is 23.3 Å². The first-order valence-electron chi connectivity index (χ1n) is 9.18. The molecule has 0 aliphatic carbocycles. The highest BCUT2D eigenvalue weighted by Crippen LogP contribution is 2.36. The minimum atomic E-state index is -1.58. The van der Waals surface area contributed by atoms with Gasteiger partial charge in [0.25, 0.3) is 0 Å². The molecule has 156 valence electrons. The fourth-order valence-corrected chi connectivity index (χ4v) is 4.01. The molecule has 0 aromatic heterocycles. The van der Waals surface area contributed by atoms with E-state index in [4.69, 9.17) is 5.26 Å². The number of rotatable bonds is 15. The van der Waals surface area contributed by atoms with Crippen LogP contribution in [0.4, 0.5) is 17.6 Å². The summed E-state index contributed by atoms with van der Waals surface area (Å²) in [6, 6.07) is 0. The van der Waals surface area contributed by atoms with Gasteiger partial charge in [-0.1, -0.05) is 69.7 Å². The van der Waals surface area contributed by atoms with Gasteiger partial charge in [0, 0.05) is 0 Å². The molecule has 0 bridgehead atoms. The molecule has 27 heavy (non-hydrogen) atoms. The molecule has 1 N–H and O–H groups in total. The van der Waals surface area contributed by atoms with Crippen molar-refractivity contribution in [3.63, 3.8) is 0 Å². The van der Waals surface area contributed by atoms with Crippen molar-refractivity contribution >= 4 is 23.8 Å². The third kappa shape index (κ3) is 8.60. The Hall–Kier alpha value is -0.480. The van der Waals surface area contributed by atoms with Gasteiger partial charge in [0.15, 0.2) is 23.3 Å². The number of unbranched alkanes of at least 4 members (excludes halogenated alkanes) is 9. The SMILES string of the molecule is CCCCCCCCCCCCSc1c(F)c(F)c(SOOO)c(F)c1F. The van der Waals surface area contributed by atoms with Gasteiger partial charge in [-0.15, -0.1) is 16.1 Å². The van der Waals surface area contributed by atoms with Crippen LogP contribution in [-0.4, -0.2) is 11.0 Å². The summed E-state index contributed by atoms with van der Waals surface area (Å²) >= 11 is 0.596. The number of hydrogen-bond donors (Lipinski definition) is 1. The van der Waals surface area contributed by atoms with Gasteiger partial charge in [-0.2, -0.15) is 0 Å². The van der Waals surface area contributed by atoms with E-state index >= 15 is 0 Å². The number of thioether (sulfide) groups is 1. The Morgan fingerprint density at radius 2 is 1.15 bits per heavy atom. The summed E-state index contributed by atoms with van der Waals surface area (Å²) < 4.78 is 59.4.